The van der Waals surface area contributed by atoms with E-state index in [9.17, 15) is 4.79 Å². The van der Waals surface area contributed by atoms with Crippen molar-refractivity contribution in [3.8, 4) is 0 Å². The van der Waals surface area contributed by atoms with Gasteiger partial charge in [-0.3, -0.25) is 4.79 Å². The number of hydrogen-bond donors (Lipinski definition) is 1. The molecule has 0 spiro atoms. The Hall–Kier alpha value is -0.610. The lowest BCUT2D eigenvalue weighted by atomic mass is 10.0. The molecule has 2 saturated heterocycles. The second-order valence-electron chi connectivity index (χ2n) is 5.46. The van der Waals surface area contributed by atoms with Crippen molar-refractivity contribution in [3.63, 3.8) is 0 Å². The van der Waals surface area contributed by atoms with E-state index >= 15 is 0 Å². The molecule has 0 aliphatic carbocycles. The lowest BCUT2D eigenvalue weighted by Crippen LogP contribution is -2.57. The first-order valence-electron chi connectivity index (χ1n) is 6.29. The minimum absolute atomic E-state index is 0.238. The molecule has 2 aliphatic heterocycles. The zero-order valence-electron chi connectivity index (χ0n) is 10.6. The summed E-state index contributed by atoms with van der Waals surface area (Å²) in [4.78, 5) is 16.6. The van der Waals surface area contributed by atoms with E-state index in [1.807, 2.05) is 0 Å². The highest BCUT2D eigenvalue weighted by molar-refractivity contribution is 5.79. The molecule has 0 aromatic carbocycles. The molecule has 3 unspecified atom stereocenters. The second kappa shape index (κ2) is 4.72. The van der Waals surface area contributed by atoms with E-state index in [0.717, 1.165) is 32.6 Å². The summed E-state index contributed by atoms with van der Waals surface area (Å²) in [6.07, 6.45) is 1.03. The fourth-order valence-electron chi connectivity index (χ4n) is 2.90. The minimum atomic E-state index is 0.238. The molecule has 0 aromatic heterocycles. The van der Waals surface area contributed by atoms with Gasteiger partial charge in [0, 0.05) is 31.7 Å². The number of carbonyl (C=O) groups is 1. The number of carbonyl (C=O) groups excluding carboxylic acids is 1. The fourth-order valence-corrected chi connectivity index (χ4v) is 2.90. The van der Waals surface area contributed by atoms with E-state index in [4.69, 9.17) is 0 Å². The van der Waals surface area contributed by atoms with Crippen LogP contribution < -0.4 is 5.32 Å². The monoisotopic (exact) mass is 225 g/mol. The van der Waals surface area contributed by atoms with Gasteiger partial charge in [0.25, 0.3) is 0 Å². The number of rotatable bonds is 1. The maximum atomic E-state index is 12.3. The van der Waals surface area contributed by atoms with Crippen molar-refractivity contribution in [1.29, 1.82) is 0 Å². The van der Waals surface area contributed by atoms with Crippen molar-refractivity contribution in [3.05, 3.63) is 0 Å². The van der Waals surface area contributed by atoms with Gasteiger partial charge in [0.2, 0.25) is 5.91 Å². The predicted octanol–water partition coefficient (Wildman–Crippen LogP) is 0.147. The van der Waals surface area contributed by atoms with Crippen molar-refractivity contribution in [2.75, 3.05) is 33.2 Å². The van der Waals surface area contributed by atoms with E-state index in [1.165, 1.54) is 0 Å². The van der Waals surface area contributed by atoms with Crippen LogP contribution in [0.25, 0.3) is 0 Å². The Morgan fingerprint density at radius 3 is 2.31 bits per heavy atom. The molecule has 0 saturated carbocycles. The van der Waals surface area contributed by atoms with Gasteiger partial charge in [-0.2, -0.15) is 0 Å². The summed E-state index contributed by atoms with van der Waals surface area (Å²) >= 11 is 0. The predicted molar refractivity (Wildman–Crippen MR) is 64.2 cm³/mol. The van der Waals surface area contributed by atoms with Crippen molar-refractivity contribution < 1.29 is 4.79 Å². The number of amides is 1. The van der Waals surface area contributed by atoms with Gasteiger partial charge in [-0.05, 0) is 33.9 Å². The molecule has 4 nitrogen and oxygen atoms in total. The molecule has 1 amide bonds. The van der Waals surface area contributed by atoms with Crippen LogP contribution in [0.5, 0.6) is 0 Å². The highest BCUT2D eigenvalue weighted by atomic mass is 16.2. The first-order valence-corrected chi connectivity index (χ1v) is 6.29. The molecular weight excluding hydrogens is 202 g/mol. The molecule has 1 N–H and O–H groups in total. The molecular formula is C12H23N3O. The molecule has 4 heteroatoms. The van der Waals surface area contributed by atoms with Gasteiger partial charge in [0.05, 0.1) is 5.92 Å². The highest BCUT2D eigenvalue weighted by Crippen LogP contribution is 2.18. The normalized spacial score (nSPS) is 36.7. The standard InChI is InChI=1S/C12H23N3O/c1-9-6-15(7-10(2)13-9)12(16)11-4-5-14(3)8-11/h9-11,13H,4-8H2,1-3H3. The number of nitrogens with zero attached hydrogens (tertiary/aromatic N) is 2. The summed E-state index contributed by atoms with van der Waals surface area (Å²) in [7, 11) is 2.09. The van der Waals surface area contributed by atoms with Crippen molar-refractivity contribution in [1.82, 2.24) is 15.1 Å². The number of likely N-dealkylation sites (tertiary alicyclic amines) is 1. The lowest BCUT2D eigenvalue weighted by Gasteiger charge is -2.37. The van der Waals surface area contributed by atoms with Crippen LogP contribution in [0, 0.1) is 5.92 Å². The molecule has 92 valence electrons. The molecule has 16 heavy (non-hydrogen) atoms. The first-order chi connectivity index (χ1) is 7.56. The topological polar surface area (TPSA) is 35.6 Å². The third kappa shape index (κ3) is 2.55. The summed E-state index contributed by atoms with van der Waals surface area (Å²) in [6.45, 7) is 8.03. The van der Waals surface area contributed by atoms with Crippen molar-refractivity contribution in [2.45, 2.75) is 32.4 Å². The van der Waals surface area contributed by atoms with Gasteiger partial charge in [0.1, 0.15) is 0 Å². The minimum Gasteiger partial charge on any atom is -0.339 e. The van der Waals surface area contributed by atoms with Crippen LogP contribution in [0.3, 0.4) is 0 Å². The van der Waals surface area contributed by atoms with Crippen LogP contribution in [0.15, 0.2) is 0 Å². The summed E-state index contributed by atoms with van der Waals surface area (Å²) in [6, 6.07) is 0.846. The van der Waals surface area contributed by atoms with E-state index in [1.54, 1.807) is 0 Å². The molecule has 2 heterocycles. The Balaban J connectivity index is 1.93. The maximum absolute atomic E-state index is 12.3. The third-order valence-electron chi connectivity index (χ3n) is 3.61. The Morgan fingerprint density at radius 2 is 1.81 bits per heavy atom. The van der Waals surface area contributed by atoms with Gasteiger partial charge in [-0.25, -0.2) is 0 Å². The third-order valence-corrected chi connectivity index (χ3v) is 3.61. The van der Waals surface area contributed by atoms with Crippen LogP contribution in [0.1, 0.15) is 20.3 Å². The average molecular weight is 225 g/mol. The van der Waals surface area contributed by atoms with Gasteiger partial charge in [-0.15, -0.1) is 0 Å². The summed E-state index contributed by atoms with van der Waals surface area (Å²) in [5, 5.41) is 3.46. The van der Waals surface area contributed by atoms with Crippen LogP contribution in [-0.2, 0) is 4.79 Å². The smallest absolute Gasteiger partial charge is 0.227 e. The number of hydrogen-bond acceptors (Lipinski definition) is 3. The Labute approximate surface area is 98.0 Å². The van der Waals surface area contributed by atoms with E-state index in [-0.39, 0.29) is 5.92 Å². The summed E-state index contributed by atoms with van der Waals surface area (Å²) in [5.74, 6) is 0.604. The largest absolute Gasteiger partial charge is 0.339 e. The van der Waals surface area contributed by atoms with Gasteiger partial charge in [-0.1, -0.05) is 0 Å². The fraction of sp³-hybridized carbons (Fsp3) is 0.917. The number of piperazine rings is 1. The van der Waals surface area contributed by atoms with E-state index < -0.39 is 0 Å². The summed E-state index contributed by atoms with van der Waals surface area (Å²) < 4.78 is 0. The molecule has 3 atom stereocenters. The molecule has 0 bridgehead atoms. The Bertz CT molecular complexity index is 259. The SMILES string of the molecule is CC1CN(C(=O)C2CCN(C)C2)CC(C)N1. The highest BCUT2D eigenvalue weighted by Gasteiger charge is 2.32. The van der Waals surface area contributed by atoms with E-state index in [0.29, 0.717) is 18.0 Å². The maximum Gasteiger partial charge on any atom is 0.227 e. The molecule has 2 aliphatic rings. The van der Waals surface area contributed by atoms with Gasteiger partial charge < -0.3 is 15.1 Å². The lowest BCUT2D eigenvalue weighted by molar-refractivity contribution is -0.136. The van der Waals surface area contributed by atoms with Crippen LogP contribution in [0.2, 0.25) is 0 Å². The van der Waals surface area contributed by atoms with Crippen molar-refractivity contribution in [2.24, 2.45) is 5.92 Å². The van der Waals surface area contributed by atoms with Crippen molar-refractivity contribution >= 4 is 5.91 Å². The first kappa shape index (κ1) is 11.9. The van der Waals surface area contributed by atoms with Gasteiger partial charge >= 0.3 is 0 Å². The van der Waals surface area contributed by atoms with Crippen LogP contribution >= 0.6 is 0 Å². The summed E-state index contributed by atoms with van der Waals surface area (Å²) in [5.41, 5.74) is 0. The molecule has 2 fully saturated rings. The molecule has 0 aromatic rings. The van der Waals surface area contributed by atoms with E-state index in [2.05, 4.69) is 36.0 Å². The quantitative estimate of drug-likeness (QED) is 0.690. The molecule has 0 radical (unpaired) electrons. The Morgan fingerprint density at radius 1 is 1.19 bits per heavy atom. The zero-order chi connectivity index (χ0) is 11.7. The zero-order valence-corrected chi connectivity index (χ0v) is 10.6. The average Bonchev–Trinajstić information content (AvgIpc) is 2.62. The second-order valence-corrected chi connectivity index (χ2v) is 5.46. The van der Waals surface area contributed by atoms with Gasteiger partial charge in [0.15, 0.2) is 0 Å². The Kier molecular flexibility index (Phi) is 3.50. The van der Waals surface area contributed by atoms with Crippen LogP contribution in [-0.4, -0.2) is 61.0 Å². The number of nitrogens with one attached hydrogen (secondary N) is 1. The molecule has 2 rings (SSSR count). The van der Waals surface area contributed by atoms with Crippen LogP contribution in [0.4, 0.5) is 0 Å².